The number of nitrogens with one attached hydrogen (secondary N) is 1. The summed E-state index contributed by atoms with van der Waals surface area (Å²) in [5, 5.41) is 9.07. The highest BCUT2D eigenvalue weighted by Gasteiger charge is 2.18. The van der Waals surface area contributed by atoms with Crippen LogP contribution in [0.1, 0.15) is 23.8 Å². The van der Waals surface area contributed by atoms with Crippen LogP contribution in [0.4, 0.5) is 5.82 Å². The third-order valence-corrected chi connectivity index (χ3v) is 2.76. The minimum absolute atomic E-state index is 0.0370. The van der Waals surface area contributed by atoms with Gasteiger partial charge in [-0.3, -0.25) is 4.79 Å². The van der Waals surface area contributed by atoms with Crippen molar-refractivity contribution in [1.29, 1.82) is 0 Å². The van der Waals surface area contributed by atoms with Crippen molar-refractivity contribution in [2.24, 2.45) is 5.84 Å². The molecule has 6 nitrogen and oxygen atoms in total. The molecule has 18 heavy (non-hydrogen) atoms. The number of aliphatic hydroxyl groups excluding tert-OH is 1. The molecule has 0 bridgehead atoms. The molecule has 7 heteroatoms. The van der Waals surface area contributed by atoms with E-state index in [0.717, 1.165) is 0 Å². The number of halogens is 1. The number of hydrazine groups is 1. The molecule has 0 aliphatic carbocycles. The van der Waals surface area contributed by atoms with E-state index < -0.39 is 0 Å². The van der Waals surface area contributed by atoms with Crippen molar-refractivity contribution in [1.82, 2.24) is 9.88 Å². The molecule has 1 amide bonds. The van der Waals surface area contributed by atoms with Crippen molar-refractivity contribution in [3.63, 3.8) is 0 Å². The van der Waals surface area contributed by atoms with Crippen LogP contribution in [0, 0.1) is 0 Å². The summed E-state index contributed by atoms with van der Waals surface area (Å²) in [6.07, 6.45) is 0.520. The van der Waals surface area contributed by atoms with Gasteiger partial charge >= 0.3 is 0 Å². The van der Waals surface area contributed by atoms with Crippen LogP contribution in [0.25, 0.3) is 0 Å². The average molecular weight is 273 g/mol. The van der Waals surface area contributed by atoms with Crippen molar-refractivity contribution in [2.45, 2.75) is 13.3 Å². The van der Waals surface area contributed by atoms with Gasteiger partial charge in [0.05, 0.1) is 5.02 Å². The van der Waals surface area contributed by atoms with Gasteiger partial charge in [0.25, 0.3) is 5.91 Å². The quantitative estimate of drug-likeness (QED) is 0.528. The molecule has 0 saturated carbocycles. The van der Waals surface area contributed by atoms with Crippen LogP contribution in [0.5, 0.6) is 0 Å². The van der Waals surface area contributed by atoms with Gasteiger partial charge in [0.1, 0.15) is 11.5 Å². The van der Waals surface area contributed by atoms with Gasteiger partial charge in [-0.25, -0.2) is 10.8 Å². The van der Waals surface area contributed by atoms with E-state index in [2.05, 4.69) is 10.4 Å². The van der Waals surface area contributed by atoms with E-state index in [1.54, 1.807) is 17.0 Å². The van der Waals surface area contributed by atoms with Crippen LogP contribution in [0.3, 0.4) is 0 Å². The molecule has 0 spiro atoms. The lowest BCUT2D eigenvalue weighted by atomic mass is 10.3. The summed E-state index contributed by atoms with van der Waals surface area (Å²) in [7, 11) is 0. The zero-order valence-electron chi connectivity index (χ0n) is 10.2. The molecule has 0 atom stereocenters. The molecule has 1 rings (SSSR count). The predicted molar refractivity (Wildman–Crippen MR) is 70.3 cm³/mol. The van der Waals surface area contributed by atoms with Crippen LogP contribution in [-0.4, -0.2) is 40.6 Å². The maximum atomic E-state index is 12.2. The number of rotatable bonds is 6. The fraction of sp³-hybridized carbons (Fsp3) is 0.455. The fourth-order valence-electron chi connectivity index (χ4n) is 1.49. The summed E-state index contributed by atoms with van der Waals surface area (Å²) < 4.78 is 0. The number of nitrogens with two attached hydrogens (primary N) is 1. The Balaban J connectivity index is 2.93. The number of carbonyl (C=O) groups is 1. The molecule has 0 aromatic carbocycles. The second-order valence-electron chi connectivity index (χ2n) is 3.63. The molecule has 100 valence electrons. The number of aromatic nitrogens is 1. The largest absolute Gasteiger partial charge is 0.396 e. The normalized spacial score (nSPS) is 10.2. The minimum Gasteiger partial charge on any atom is -0.396 e. The number of carbonyl (C=O) groups excluding carboxylic acids is 1. The zero-order valence-corrected chi connectivity index (χ0v) is 10.9. The fourth-order valence-corrected chi connectivity index (χ4v) is 1.67. The summed E-state index contributed by atoms with van der Waals surface area (Å²) >= 11 is 5.96. The Kier molecular flexibility index (Phi) is 5.84. The number of hydrogen-bond acceptors (Lipinski definition) is 5. The summed E-state index contributed by atoms with van der Waals surface area (Å²) in [4.78, 5) is 17.8. The van der Waals surface area contributed by atoms with Crippen molar-refractivity contribution < 1.29 is 9.90 Å². The SMILES string of the molecule is CCN(CCCO)C(=O)c1nc(NN)ccc1Cl. The lowest BCUT2D eigenvalue weighted by molar-refractivity contribution is 0.0748. The third kappa shape index (κ3) is 3.56. The van der Waals surface area contributed by atoms with E-state index in [1.165, 1.54) is 0 Å². The van der Waals surface area contributed by atoms with Gasteiger partial charge in [0.15, 0.2) is 0 Å². The van der Waals surface area contributed by atoms with Crippen molar-refractivity contribution in [2.75, 3.05) is 25.1 Å². The average Bonchev–Trinajstić information content (AvgIpc) is 2.40. The third-order valence-electron chi connectivity index (χ3n) is 2.45. The smallest absolute Gasteiger partial charge is 0.274 e. The summed E-state index contributed by atoms with van der Waals surface area (Å²) in [5.74, 6) is 5.35. The number of pyridine rings is 1. The molecular formula is C11H17ClN4O2. The molecule has 0 saturated heterocycles. The van der Waals surface area contributed by atoms with E-state index >= 15 is 0 Å². The Labute approximate surface area is 111 Å². The molecule has 4 N–H and O–H groups in total. The first-order chi connectivity index (χ1) is 8.63. The zero-order chi connectivity index (χ0) is 13.5. The summed E-state index contributed by atoms with van der Waals surface area (Å²) in [6.45, 7) is 2.88. The Morgan fingerprint density at radius 1 is 1.61 bits per heavy atom. The molecule has 0 aliphatic rings. The minimum atomic E-state index is -0.270. The highest BCUT2D eigenvalue weighted by atomic mass is 35.5. The van der Waals surface area contributed by atoms with Gasteiger partial charge < -0.3 is 15.4 Å². The molecular weight excluding hydrogens is 256 g/mol. The molecule has 1 aromatic rings. The van der Waals surface area contributed by atoms with Crippen molar-refractivity contribution in [3.8, 4) is 0 Å². The van der Waals surface area contributed by atoms with Gasteiger partial charge in [-0.1, -0.05) is 11.6 Å². The first-order valence-electron chi connectivity index (χ1n) is 5.67. The number of amides is 1. The Bertz CT molecular complexity index is 414. The van der Waals surface area contributed by atoms with Crippen molar-refractivity contribution >= 4 is 23.3 Å². The topological polar surface area (TPSA) is 91.5 Å². The van der Waals surface area contributed by atoms with Crippen LogP contribution in [-0.2, 0) is 0 Å². The van der Waals surface area contributed by atoms with E-state index in [-0.39, 0.29) is 23.2 Å². The first kappa shape index (κ1) is 14.7. The molecule has 0 unspecified atom stereocenters. The lowest BCUT2D eigenvalue weighted by Crippen LogP contribution is -2.33. The van der Waals surface area contributed by atoms with Crippen LogP contribution >= 0.6 is 11.6 Å². The van der Waals surface area contributed by atoms with E-state index in [1.807, 2.05) is 6.92 Å². The van der Waals surface area contributed by atoms with Gasteiger partial charge in [-0.15, -0.1) is 0 Å². The second kappa shape index (κ2) is 7.15. The first-order valence-corrected chi connectivity index (χ1v) is 6.05. The highest BCUT2D eigenvalue weighted by molar-refractivity contribution is 6.33. The van der Waals surface area contributed by atoms with Gasteiger partial charge in [0, 0.05) is 19.7 Å². The lowest BCUT2D eigenvalue weighted by Gasteiger charge is -2.20. The number of aliphatic hydroxyl groups is 1. The molecule has 1 heterocycles. The summed E-state index contributed by atoms with van der Waals surface area (Å²) in [6, 6.07) is 3.15. The Morgan fingerprint density at radius 3 is 2.89 bits per heavy atom. The molecule has 1 aromatic heterocycles. The molecule has 0 aliphatic heterocycles. The monoisotopic (exact) mass is 272 g/mol. The van der Waals surface area contributed by atoms with Crippen LogP contribution in [0.15, 0.2) is 12.1 Å². The van der Waals surface area contributed by atoms with E-state index in [0.29, 0.717) is 25.3 Å². The molecule has 0 fully saturated rings. The highest BCUT2D eigenvalue weighted by Crippen LogP contribution is 2.18. The Hall–Kier alpha value is -1.37. The number of anilines is 1. The maximum Gasteiger partial charge on any atom is 0.274 e. The van der Waals surface area contributed by atoms with Crippen LogP contribution < -0.4 is 11.3 Å². The van der Waals surface area contributed by atoms with Crippen LogP contribution in [0.2, 0.25) is 5.02 Å². The number of nitrogens with zero attached hydrogens (tertiary/aromatic N) is 2. The standard InChI is InChI=1S/C11H17ClN4O2/c1-2-16(6-3-7-17)11(18)10-8(12)4-5-9(14-10)15-13/h4-5,17H,2-3,6-7,13H2,1H3,(H,14,15). The Morgan fingerprint density at radius 2 is 2.33 bits per heavy atom. The van der Waals surface area contributed by atoms with Gasteiger partial charge in [0.2, 0.25) is 0 Å². The predicted octanol–water partition coefficient (Wildman–Crippen LogP) is 0.865. The van der Waals surface area contributed by atoms with Gasteiger partial charge in [-0.2, -0.15) is 0 Å². The number of hydrogen-bond donors (Lipinski definition) is 3. The molecule has 0 radical (unpaired) electrons. The van der Waals surface area contributed by atoms with Crippen molar-refractivity contribution in [3.05, 3.63) is 22.8 Å². The van der Waals surface area contributed by atoms with Gasteiger partial charge in [-0.05, 0) is 25.5 Å². The van der Waals surface area contributed by atoms with E-state index in [4.69, 9.17) is 22.6 Å². The van der Waals surface area contributed by atoms with E-state index in [9.17, 15) is 4.79 Å². The summed E-state index contributed by atoms with van der Waals surface area (Å²) in [5.41, 5.74) is 2.53. The maximum absolute atomic E-state index is 12.2. The second-order valence-corrected chi connectivity index (χ2v) is 4.04. The number of nitrogen functional groups attached to an aromatic ring is 1.